The molecular weight excluding hydrogens is 299 g/mol. The van der Waals surface area contributed by atoms with E-state index >= 15 is 0 Å². The van der Waals surface area contributed by atoms with Gasteiger partial charge in [-0.2, -0.15) is 0 Å². The van der Waals surface area contributed by atoms with E-state index in [2.05, 4.69) is 10.3 Å². The Balaban J connectivity index is 1.68. The van der Waals surface area contributed by atoms with Crippen molar-refractivity contribution in [3.05, 3.63) is 77.2 Å². The number of pyridine rings is 1. The van der Waals surface area contributed by atoms with Gasteiger partial charge in [0.05, 0.1) is 4.88 Å². The van der Waals surface area contributed by atoms with Gasteiger partial charge in [0.15, 0.2) is 0 Å². The zero-order valence-electron chi connectivity index (χ0n) is 11.6. The Morgan fingerprint density at radius 3 is 2.68 bits per heavy atom. The van der Waals surface area contributed by atoms with Crippen LogP contribution in [0.25, 0.3) is 10.4 Å². The van der Waals surface area contributed by atoms with Crippen LogP contribution in [0.1, 0.15) is 15.2 Å². The number of amides is 1. The molecule has 0 bridgehead atoms. The van der Waals surface area contributed by atoms with Crippen molar-refractivity contribution in [2.24, 2.45) is 0 Å². The van der Waals surface area contributed by atoms with Gasteiger partial charge in [-0.05, 0) is 41.5 Å². The molecule has 0 aliphatic carbocycles. The van der Waals surface area contributed by atoms with Gasteiger partial charge in [-0.1, -0.05) is 18.2 Å². The molecule has 0 unspecified atom stereocenters. The lowest BCUT2D eigenvalue weighted by Crippen LogP contribution is -2.21. The first-order valence-corrected chi connectivity index (χ1v) is 7.57. The number of carbonyl (C=O) groups excluding carboxylic acids is 1. The van der Waals surface area contributed by atoms with Gasteiger partial charge in [-0.15, -0.1) is 11.3 Å². The zero-order valence-corrected chi connectivity index (χ0v) is 12.4. The second-order valence-corrected chi connectivity index (χ2v) is 5.80. The number of nitrogens with zero attached hydrogens (tertiary/aromatic N) is 1. The van der Waals surface area contributed by atoms with Crippen molar-refractivity contribution in [2.45, 2.75) is 6.54 Å². The summed E-state index contributed by atoms with van der Waals surface area (Å²) < 4.78 is 12.9. The minimum Gasteiger partial charge on any atom is -0.347 e. The molecule has 5 heteroatoms. The Hall–Kier alpha value is -2.53. The van der Waals surface area contributed by atoms with Crippen molar-refractivity contribution in [3.63, 3.8) is 0 Å². The molecule has 2 aromatic heterocycles. The number of carbonyl (C=O) groups is 1. The van der Waals surface area contributed by atoms with E-state index in [0.29, 0.717) is 11.4 Å². The average molecular weight is 312 g/mol. The summed E-state index contributed by atoms with van der Waals surface area (Å²) in [4.78, 5) is 17.7. The van der Waals surface area contributed by atoms with Gasteiger partial charge >= 0.3 is 0 Å². The number of aromatic nitrogens is 1. The topological polar surface area (TPSA) is 42.0 Å². The van der Waals surface area contributed by atoms with Crippen LogP contribution in [0.4, 0.5) is 4.39 Å². The highest BCUT2D eigenvalue weighted by atomic mass is 32.1. The van der Waals surface area contributed by atoms with Crippen molar-refractivity contribution in [1.82, 2.24) is 10.3 Å². The summed E-state index contributed by atoms with van der Waals surface area (Å²) in [5, 5.41) is 2.86. The lowest BCUT2D eigenvalue weighted by Gasteiger charge is -2.03. The molecule has 0 saturated heterocycles. The Kier molecular flexibility index (Phi) is 4.25. The minimum atomic E-state index is -0.269. The molecule has 1 N–H and O–H groups in total. The molecule has 1 aromatic carbocycles. The number of hydrogen-bond acceptors (Lipinski definition) is 3. The van der Waals surface area contributed by atoms with Gasteiger partial charge in [0.1, 0.15) is 5.82 Å². The quantitative estimate of drug-likeness (QED) is 0.794. The SMILES string of the molecule is O=C(NCc1cccnc1)c1ccc(-c2ccc(F)cc2)s1. The van der Waals surface area contributed by atoms with Crippen LogP contribution in [0.3, 0.4) is 0 Å². The van der Waals surface area contributed by atoms with E-state index in [0.717, 1.165) is 16.0 Å². The van der Waals surface area contributed by atoms with Crippen LogP contribution in [-0.2, 0) is 6.54 Å². The summed E-state index contributed by atoms with van der Waals surface area (Å²) in [5.41, 5.74) is 1.85. The Morgan fingerprint density at radius 2 is 1.95 bits per heavy atom. The van der Waals surface area contributed by atoms with Gasteiger partial charge in [0, 0.05) is 23.8 Å². The minimum absolute atomic E-state index is 0.123. The molecule has 0 aliphatic heterocycles. The summed E-state index contributed by atoms with van der Waals surface area (Å²) in [6, 6.07) is 13.6. The second kappa shape index (κ2) is 6.49. The fraction of sp³-hybridized carbons (Fsp3) is 0.0588. The second-order valence-electron chi connectivity index (χ2n) is 4.71. The summed E-state index contributed by atoms with van der Waals surface area (Å²) in [5.74, 6) is -0.392. The van der Waals surface area contributed by atoms with E-state index in [1.54, 1.807) is 30.6 Å². The summed E-state index contributed by atoms with van der Waals surface area (Å²) in [6.07, 6.45) is 3.41. The molecule has 0 radical (unpaired) electrons. The van der Waals surface area contributed by atoms with Gasteiger partial charge in [-0.3, -0.25) is 9.78 Å². The third-order valence-electron chi connectivity index (χ3n) is 3.13. The van der Waals surface area contributed by atoms with Crippen LogP contribution >= 0.6 is 11.3 Å². The highest BCUT2D eigenvalue weighted by Crippen LogP contribution is 2.28. The van der Waals surface area contributed by atoms with Crippen LogP contribution in [0, 0.1) is 5.82 Å². The summed E-state index contributed by atoms with van der Waals surface area (Å²) in [6.45, 7) is 0.441. The molecule has 3 aromatic rings. The first-order valence-electron chi connectivity index (χ1n) is 6.75. The molecule has 2 heterocycles. The van der Waals surface area contributed by atoms with E-state index in [-0.39, 0.29) is 11.7 Å². The fourth-order valence-electron chi connectivity index (χ4n) is 2.00. The number of thiophene rings is 1. The lowest BCUT2D eigenvalue weighted by molar-refractivity contribution is 0.0955. The standard InChI is InChI=1S/C17H13FN2OS/c18-14-5-3-13(4-6-14)15-7-8-16(22-15)17(21)20-11-12-2-1-9-19-10-12/h1-10H,11H2,(H,20,21). The van der Waals surface area contributed by atoms with Gasteiger partial charge in [0.2, 0.25) is 0 Å². The van der Waals surface area contributed by atoms with Gasteiger partial charge < -0.3 is 5.32 Å². The maximum atomic E-state index is 12.9. The van der Waals surface area contributed by atoms with Crippen LogP contribution in [0.15, 0.2) is 60.9 Å². The predicted octanol–water partition coefficient (Wildman–Crippen LogP) is 3.88. The number of nitrogens with one attached hydrogen (secondary N) is 1. The first-order chi connectivity index (χ1) is 10.7. The average Bonchev–Trinajstić information content (AvgIpc) is 3.04. The fourth-order valence-corrected chi connectivity index (χ4v) is 2.93. The number of halogens is 1. The van der Waals surface area contributed by atoms with Crippen molar-refractivity contribution >= 4 is 17.2 Å². The predicted molar refractivity (Wildman–Crippen MR) is 85.1 cm³/mol. The third-order valence-corrected chi connectivity index (χ3v) is 4.27. The highest BCUT2D eigenvalue weighted by molar-refractivity contribution is 7.17. The first kappa shape index (κ1) is 14.4. The highest BCUT2D eigenvalue weighted by Gasteiger charge is 2.10. The van der Waals surface area contributed by atoms with Crippen molar-refractivity contribution < 1.29 is 9.18 Å². The van der Waals surface area contributed by atoms with Gasteiger partial charge in [0.25, 0.3) is 5.91 Å². The van der Waals surface area contributed by atoms with Crippen LogP contribution in [0.2, 0.25) is 0 Å². The van der Waals surface area contributed by atoms with Crippen LogP contribution in [-0.4, -0.2) is 10.9 Å². The molecule has 3 nitrogen and oxygen atoms in total. The molecule has 110 valence electrons. The molecular formula is C17H13FN2OS. The monoisotopic (exact) mass is 312 g/mol. The molecule has 0 aliphatic rings. The zero-order chi connectivity index (χ0) is 15.4. The Bertz CT molecular complexity index is 769. The Morgan fingerprint density at radius 1 is 1.14 bits per heavy atom. The van der Waals surface area contributed by atoms with Gasteiger partial charge in [-0.25, -0.2) is 4.39 Å². The molecule has 1 amide bonds. The number of rotatable bonds is 4. The normalized spacial score (nSPS) is 10.4. The van der Waals surface area contributed by atoms with Crippen LogP contribution < -0.4 is 5.32 Å². The largest absolute Gasteiger partial charge is 0.347 e. The van der Waals surface area contributed by atoms with Crippen LogP contribution in [0.5, 0.6) is 0 Å². The third kappa shape index (κ3) is 3.38. The summed E-state index contributed by atoms with van der Waals surface area (Å²) >= 11 is 1.38. The van der Waals surface area contributed by atoms with E-state index in [1.165, 1.54) is 23.5 Å². The summed E-state index contributed by atoms with van der Waals surface area (Å²) in [7, 11) is 0. The van der Waals surface area contributed by atoms with Crippen molar-refractivity contribution in [1.29, 1.82) is 0 Å². The maximum Gasteiger partial charge on any atom is 0.261 e. The maximum absolute atomic E-state index is 12.9. The smallest absolute Gasteiger partial charge is 0.261 e. The molecule has 0 fully saturated rings. The molecule has 0 atom stereocenters. The molecule has 22 heavy (non-hydrogen) atoms. The van der Waals surface area contributed by atoms with Crippen molar-refractivity contribution in [3.8, 4) is 10.4 Å². The Labute approximate surface area is 131 Å². The van der Waals surface area contributed by atoms with Crippen molar-refractivity contribution in [2.75, 3.05) is 0 Å². The van der Waals surface area contributed by atoms with E-state index in [4.69, 9.17) is 0 Å². The van der Waals surface area contributed by atoms with E-state index in [9.17, 15) is 9.18 Å². The van der Waals surface area contributed by atoms with E-state index < -0.39 is 0 Å². The number of benzene rings is 1. The molecule has 3 rings (SSSR count). The molecule has 0 saturated carbocycles. The van der Waals surface area contributed by atoms with E-state index in [1.807, 2.05) is 18.2 Å². The lowest BCUT2D eigenvalue weighted by atomic mass is 10.2. The molecule has 0 spiro atoms. The number of hydrogen-bond donors (Lipinski definition) is 1.